The smallest absolute Gasteiger partial charge is 0.151 e. The van der Waals surface area contributed by atoms with E-state index in [-0.39, 0.29) is 23.8 Å². The second kappa shape index (κ2) is 7.89. The van der Waals surface area contributed by atoms with Crippen molar-refractivity contribution < 1.29 is 14.4 Å². The number of Topliss-reactive ketones (excluding diaryl/α,β-unsaturated/α-hetero) is 3. The number of ketones is 3. The maximum atomic E-state index is 13.1. The van der Waals surface area contributed by atoms with E-state index in [1.54, 1.807) is 11.3 Å². The number of hydrogen-bond donors (Lipinski definition) is 0. The number of carbonyl (C=O) groups excluding carboxylic acids is 3. The van der Waals surface area contributed by atoms with Crippen molar-refractivity contribution in [1.29, 1.82) is 0 Å². The van der Waals surface area contributed by atoms with Gasteiger partial charge in [0.25, 0.3) is 0 Å². The number of rotatable bonds is 6. The summed E-state index contributed by atoms with van der Waals surface area (Å²) in [5, 5.41) is 2.00. The van der Waals surface area contributed by atoms with Crippen LogP contribution in [0.2, 0.25) is 0 Å². The summed E-state index contributed by atoms with van der Waals surface area (Å²) in [7, 11) is 0. The van der Waals surface area contributed by atoms with Crippen LogP contribution < -0.4 is 0 Å². The lowest BCUT2D eigenvalue weighted by molar-refractivity contribution is -0.131. The zero-order valence-corrected chi connectivity index (χ0v) is 17.2. The summed E-state index contributed by atoms with van der Waals surface area (Å²) in [6.45, 7) is 7.74. The van der Waals surface area contributed by atoms with E-state index < -0.39 is 17.8 Å². The quantitative estimate of drug-likeness (QED) is 0.677. The average Bonchev–Trinajstić information content (AvgIpc) is 3.21. The lowest BCUT2D eigenvalue weighted by atomic mass is 9.82. The number of thiophene rings is 1. The van der Waals surface area contributed by atoms with E-state index in [1.165, 1.54) is 4.88 Å². The molecular weight excluding hydrogens is 356 g/mol. The molecule has 1 saturated carbocycles. The van der Waals surface area contributed by atoms with Gasteiger partial charge in [0.15, 0.2) is 5.78 Å². The summed E-state index contributed by atoms with van der Waals surface area (Å²) in [5.41, 5.74) is 3.93. The minimum Gasteiger partial charge on any atom is -0.299 e. The number of carbonyl (C=O) groups is 3. The van der Waals surface area contributed by atoms with Crippen molar-refractivity contribution in [2.45, 2.75) is 52.9 Å². The average molecular weight is 383 g/mol. The number of benzene rings is 1. The van der Waals surface area contributed by atoms with Crippen molar-refractivity contribution in [1.82, 2.24) is 0 Å². The Balaban J connectivity index is 1.76. The van der Waals surface area contributed by atoms with Crippen LogP contribution in [-0.2, 0) is 20.8 Å². The largest absolute Gasteiger partial charge is 0.299 e. The van der Waals surface area contributed by atoms with Gasteiger partial charge in [-0.05, 0) is 55.3 Å². The van der Waals surface area contributed by atoms with Gasteiger partial charge < -0.3 is 0 Å². The van der Waals surface area contributed by atoms with E-state index >= 15 is 0 Å². The fourth-order valence-electron chi connectivity index (χ4n) is 4.33. The predicted molar refractivity (Wildman–Crippen MR) is 108 cm³/mol. The lowest BCUT2D eigenvalue weighted by Crippen LogP contribution is -2.26. The van der Waals surface area contributed by atoms with E-state index in [2.05, 4.69) is 0 Å². The zero-order chi connectivity index (χ0) is 19.7. The highest BCUT2D eigenvalue weighted by molar-refractivity contribution is 7.09. The Morgan fingerprint density at radius 2 is 1.85 bits per heavy atom. The van der Waals surface area contributed by atoms with Gasteiger partial charge in [-0.1, -0.05) is 30.7 Å². The Kier molecular flexibility index (Phi) is 5.75. The van der Waals surface area contributed by atoms with Crippen LogP contribution in [-0.4, -0.2) is 17.3 Å². The summed E-state index contributed by atoms with van der Waals surface area (Å²) < 4.78 is 0. The first-order valence-corrected chi connectivity index (χ1v) is 10.4. The van der Waals surface area contributed by atoms with Gasteiger partial charge in [0, 0.05) is 29.6 Å². The third-order valence-electron chi connectivity index (χ3n) is 5.73. The molecule has 142 valence electrons. The van der Waals surface area contributed by atoms with Gasteiger partial charge in [-0.15, -0.1) is 11.3 Å². The van der Waals surface area contributed by atoms with Crippen molar-refractivity contribution in [2.75, 3.05) is 0 Å². The van der Waals surface area contributed by atoms with Crippen molar-refractivity contribution in [3.8, 4) is 0 Å². The molecule has 1 aliphatic carbocycles. The molecule has 0 spiro atoms. The van der Waals surface area contributed by atoms with E-state index in [0.717, 1.165) is 22.3 Å². The normalized spacial score (nSPS) is 20.9. The Hall–Kier alpha value is -2.07. The Morgan fingerprint density at radius 1 is 1.19 bits per heavy atom. The molecule has 0 radical (unpaired) electrons. The molecule has 1 aliphatic rings. The van der Waals surface area contributed by atoms with Crippen LogP contribution in [0.4, 0.5) is 0 Å². The summed E-state index contributed by atoms with van der Waals surface area (Å²) in [6, 6.07) is 8.04. The topological polar surface area (TPSA) is 51.2 Å². The highest BCUT2D eigenvalue weighted by atomic mass is 32.1. The lowest BCUT2D eigenvalue weighted by Gasteiger charge is -2.19. The predicted octanol–water partition coefficient (Wildman–Crippen LogP) is 4.75. The first-order chi connectivity index (χ1) is 12.8. The minimum absolute atomic E-state index is 0.0436. The minimum atomic E-state index is -0.705. The molecule has 3 rings (SSSR count). The monoisotopic (exact) mass is 382 g/mol. The zero-order valence-electron chi connectivity index (χ0n) is 16.4. The van der Waals surface area contributed by atoms with Crippen molar-refractivity contribution in [2.24, 2.45) is 11.8 Å². The van der Waals surface area contributed by atoms with Gasteiger partial charge >= 0.3 is 0 Å². The van der Waals surface area contributed by atoms with Crippen LogP contribution in [0.3, 0.4) is 0 Å². The van der Waals surface area contributed by atoms with Crippen LogP contribution in [0.5, 0.6) is 0 Å². The molecule has 3 nitrogen and oxygen atoms in total. The van der Waals surface area contributed by atoms with Crippen molar-refractivity contribution in [3.05, 3.63) is 56.8 Å². The molecule has 0 bridgehead atoms. The van der Waals surface area contributed by atoms with Crippen molar-refractivity contribution in [3.63, 3.8) is 0 Å². The summed E-state index contributed by atoms with van der Waals surface area (Å²) >= 11 is 1.64. The molecule has 1 heterocycles. The second-order valence-corrected chi connectivity index (χ2v) is 8.79. The molecule has 1 aromatic carbocycles. The van der Waals surface area contributed by atoms with Crippen LogP contribution >= 0.6 is 11.3 Å². The van der Waals surface area contributed by atoms with Crippen LogP contribution in [0.25, 0.3) is 0 Å². The Labute approximate surface area is 164 Å². The molecule has 0 N–H and O–H groups in total. The van der Waals surface area contributed by atoms with Gasteiger partial charge in [0.05, 0.1) is 0 Å². The van der Waals surface area contributed by atoms with E-state index in [1.807, 2.05) is 57.3 Å². The molecule has 2 aromatic rings. The molecule has 3 unspecified atom stereocenters. The third-order valence-corrected chi connectivity index (χ3v) is 6.67. The maximum Gasteiger partial charge on any atom is 0.151 e. The third kappa shape index (κ3) is 3.96. The van der Waals surface area contributed by atoms with Gasteiger partial charge in [0.1, 0.15) is 17.5 Å². The molecule has 1 aromatic heterocycles. The first kappa shape index (κ1) is 19.7. The SMILES string of the molecule is Cc1cc(C)c(C2C(=O)CC(C(C)C(=O)CCc3cccs3)C2=O)c(C)c1. The molecule has 1 fully saturated rings. The fraction of sp³-hybridized carbons (Fsp3) is 0.435. The number of aryl methyl sites for hydroxylation is 4. The van der Waals surface area contributed by atoms with E-state index in [9.17, 15) is 14.4 Å². The van der Waals surface area contributed by atoms with Crippen LogP contribution in [0.1, 0.15) is 52.8 Å². The maximum absolute atomic E-state index is 13.1. The Bertz CT molecular complexity index is 856. The molecule has 0 saturated heterocycles. The Morgan fingerprint density at radius 3 is 2.44 bits per heavy atom. The van der Waals surface area contributed by atoms with Gasteiger partial charge in [0.2, 0.25) is 0 Å². The standard InChI is InChI=1S/C23H26O3S/c1-13-10-14(2)21(15(3)11-13)22-20(25)12-18(23(22)26)16(4)19(24)8-7-17-6-5-9-27-17/h5-6,9-11,16,18,22H,7-8,12H2,1-4H3. The van der Waals surface area contributed by atoms with Gasteiger partial charge in [-0.3, -0.25) is 14.4 Å². The van der Waals surface area contributed by atoms with Crippen molar-refractivity contribution >= 4 is 28.7 Å². The van der Waals surface area contributed by atoms with E-state index in [4.69, 9.17) is 0 Å². The van der Waals surface area contributed by atoms with Gasteiger partial charge in [-0.25, -0.2) is 0 Å². The van der Waals surface area contributed by atoms with Crippen LogP contribution in [0, 0.1) is 32.6 Å². The molecule has 4 heteroatoms. The highest BCUT2D eigenvalue weighted by Gasteiger charge is 2.46. The number of hydrogen-bond acceptors (Lipinski definition) is 4. The molecule has 27 heavy (non-hydrogen) atoms. The summed E-state index contributed by atoms with van der Waals surface area (Å²) in [6.07, 6.45) is 1.31. The molecule has 0 aliphatic heterocycles. The summed E-state index contributed by atoms with van der Waals surface area (Å²) in [5.74, 6) is -1.64. The fourth-order valence-corrected chi connectivity index (χ4v) is 5.04. The van der Waals surface area contributed by atoms with Crippen LogP contribution in [0.15, 0.2) is 29.6 Å². The summed E-state index contributed by atoms with van der Waals surface area (Å²) in [4.78, 5) is 39.7. The highest BCUT2D eigenvalue weighted by Crippen LogP contribution is 2.39. The van der Waals surface area contributed by atoms with Gasteiger partial charge in [-0.2, -0.15) is 0 Å². The molecule has 0 amide bonds. The molecular formula is C23H26O3S. The first-order valence-electron chi connectivity index (χ1n) is 9.49. The van der Waals surface area contributed by atoms with E-state index in [0.29, 0.717) is 12.8 Å². The molecule has 3 atom stereocenters. The second-order valence-electron chi connectivity index (χ2n) is 7.76.